The van der Waals surface area contributed by atoms with Gasteiger partial charge >= 0.3 is 0 Å². The Balaban J connectivity index is 1.68. The molecule has 0 fully saturated rings. The van der Waals surface area contributed by atoms with Gasteiger partial charge in [-0.3, -0.25) is 0 Å². The van der Waals surface area contributed by atoms with Crippen LogP contribution in [0.2, 0.25) is 0 Å². The first-order valence-electron chi connectivity index (χ1n) is 14.7. The largest absolute Gasteiger partial charge is 0.309 e. The summed E-state index contributed by atoms with van der Waals surface area (Å²) in [5, 5.41) is 2.67. The zero-order chi connectivity index (χ0) is 27.2. The third-order valence-electron chi connectivity index (χ3n) is 10.7. The highest BCUT2D eigenvalue weighted by atomic mass is 15.1. The normalized spacial score (nSPS) is 20.8. The van der Waals surface area contributed by atoms with Gasteiger partial charge in [0.2, 0.25) is 5.69 Å². The number of hydrogen-bond donors (Lipinski definition) is 0. The fourth-order valence-corrected chi connectivity index (χ4v) is 8.73. The first-order chi connectivity index (χ1) is 18.9. The molecule has 2 heteroatoms. The van der Waals surface area contributed by atoms with Crippen molar-refractivity contribution in [2.75, 3.05) is 0 Å². The molecule has 0 spiro atoms. The van der Waals surface area contributed by atoms with Crippen LogP contribution in [0.3, 0.4) is 0 Å². The Labute approximate surface area is 232 Å². The second-order valence-corrected chi connectivity index (χ2v) is 12.3. The minimum absolute atomic E-state index is 0.00461. The molecule has 0 saturated carbocycles. The number of hydrogen-bond acceptors (Lipinski definition) is 0. The fraction of sp³-hybridized carbons (Fsp3) is 0.324. The Bertz CT molecular complexity index is 1800. The SMILES string of the molecule is CCC1(C)C2=C(c3cccc[n+]3C1(CC)CC)C(C)(C)c1c2ccc2c3ccccc3n(-c3ccccc3)c12. The van der Waals surface area contributed by atoms with Crippen molar-refractivity contribution < 1.29 is 4.57 Å². The maximum Gasteiger partial charge on any atom is 0.210 e. The lowest BCUT2D eigenvalue weighted by Gasteiger charge is -2.48. The number of allylic oxidation sites excluding steroid dienone is 2. The van der Waals surface area contributed by atoms with E-state index in [4.69, 9.17) is 0 Å². The molecule has 5 aromatic rings. The van der Waals surface area contributed by atoms with Gasteiger partial charge in [0, 0.05) is 52.4 Å². The average Bonchev–Trinajstić information content (AvgIpc) is 3.43. The predicted molar refractivity (Wildman–Crippen MR) is 164 cm³/mol. The van der Waals surface area contributed by atoms with E-state index in [9.17, 15) is 0 Å². The molecule has 3 heterocycles. The zero-order valence-corrected chi connectivity index (χ0v) is 24.2. The van der Waals surface area contributed by atoms with E-state index in [1.54, 1.807) is 5.57 Å². The second-order valence-electron chi connectivity index (χ2n) is 12.3. The Morgan fingerprint density at radius 1 is 0.667 bits per heavy atom. The van der Waals surface area contributed by atoms with Gasteiger partial charge in [0.15, 0.2) is 11.7 Å². The summed E-state index contributed by atoms with van der Waals surface area (Å²) in [6, 6.07) is 31.6. The molecule has 0 N–H and O–H groups in total. The molecule has 1 aliphatic carbocycles. The summed E-state index contributed by atoms with van der Waals surface area (Å²) in [7, 11) is 0. The molecule has 3 aromatic carbocycles. The number of para-hydroxylation sites is 2. The maximum absolute atomic E-state index is 2.66. The Hall–Kier alpha value is -3.65. The number of aromatic nitrogens is 2. The van der Waals surface area contributed by atoms with Crippen LogP contribution < -0.4 is 4.57 Å². The van der Waals surface area contributed by atoms with Crippen LogP contribution in [0.1, 0.15) is 77.6 Å². The summed E-state index contributed by atoms with van der Waals surface area (Å²) in [5.74, 6) is 0. The third-order valence-corrected chi connectivity index (χ3v) is 10.7. The van der Waals surface area contributed by atoms with Crippen molar-refractivity contribution >= 4 is 33.0 Å². The van der Waals surface area contributed by atoms with Crippen molar-refractivity contribution in [3.05, 3.63) is 108 Å². The van der Waals surface area contributed by atoms with E-state index in [1.165, 1.54) is 49.9 Å². The van der Waals surface area contributed by atoms with Crippen molar-refractivity contribution in [1.29, 1.82) is 0 Å². The van der Waals surface area contributed by atoms with Gasteiger partial charge in [-0.15, -0.1) is 0 Å². The van der Waals surface area contributed by atoms with Gasteiger partial charge in [0.25, 0.3) is 0 Å². The monoisotopic (exact) mass is 511 g/mol. The lowest BCUT2D eigenvalue weighted by Crippen LogP contribution is -2.68. The Kier molecular flexibility index (Phi) is 5.12. The quantitative estimate of drug-likeness (QED) is 0.213. The number of pyridine rings is 1. The van der Waals surface area contributed by atoms with E-state index in [-0.39, 0.29) is 16.4 Å². The van der Waals surface area contributed by atoms with E-state index in [0.29, 0.717) is 0 Å². The molecular weight excluding hydrogens is 472 g/mol. The standard InChI is InChI=1S/C37H39N2/c1-7-36(6)31-28-23-22-27-26-19-13-14-20-29(26)39(25-17-11-10-12-18-25)34(27)32(28)35(4,5)33(31)30-21-15-16-24-38(30)37(36,8-2)9-3/h10-24H,7-9H2,1-6H3/q+1. The smallest absolute Gasteiger partial charge is 0.210 e. The van der Waals surface area contributed by atoms with Crippen LogP contribution in [0.5, 0.6) is 0 Å². The van der Waals surface area contributed by atoms with E-state index in [0.717, 1.165) is 19.3 Å². The molecule has 0 bridgehead atoms. The van der Waals surface area contributed by atoms with Gasteiger partial charge in [-0.2, -0.15) is 4.57 Å². The van der Waals surface area contributed by atoms with Gasteiger partial charge in [-0.1, -0.05) is 83.1 Å². The maximum atomic E-state index is 2.66. The summed E-state index contributed by atoms with van der Waals surface area (Å²) in [5.41, 5.74) is 11.1. The average molecular weight is 512 g/mol. The van der Waals surface area contributed by atoms with Crippen molar-refractivity contribution in [1.82, 2.24) is 4.57 Å². The summed E-state index contributed by atoms with van der Waals surface area (Å²) in [6.45, 7) is 14.7. The highest BCUT2D eigenvalue weighted by Crippen LogP contribution is 2.65. The molecule has 2 aromatic heterocycles. The highest BCUT2D eigenvalue weighted by molar-refractivity contribution is 6.15. The molecule has 1 atom stereocenters. The zero-order valence-electron chi connectivity index (χ0n) is 24.2. The van der Waals surface area contributed by atoms with Gasteiger partial charge in [-0.05, 0) is 54.3 Å². The highest BCUT2D eigenvalue weighted by Gasteiger charge is 2.63. The minimum atomic E-state index is -0.155. The van der Waals surface area contributed by atoms with Crippen molar-refractivity contribution in [3.63, 3.8) is 0 Å². The first kappa shape index (κ1) is 24.4. The molecule has 1 aliphatic heterocycles. The van der Waals surface area contributed by atoms with Crippen molar-refractivity contribution in [3.8, 4) is 5.69 Å². The fourth-order valence-electron chi connectivity index (χ4n) is 8.73. The van der Waals surface area contributed by atoms with Crippen molar-refractivity contribution in [2.45, 2.75) is 71.8 Å². The summed E-state index contributed by atoms with van der Waals surface area (Å²) in [4.78, 5) is 0. The number of nitrogens with zero attached hydrogens (tertiary/aromatic N) is 2. The molecule has 0 saturated heterocycles. The van der Waals surface area contributed by atoms with Crippen LogP contribution in [-0.4, -0.2) is 4.57 Å². The minimum Gasteiger partial charge on any atom is -0.309 e. The lowest BCUT2D eigenvalue weighted by atomic mass is 9.57. The first-order valence-corrected chi connectivity index (χ1v) is 14.7. The number of benzene rings is 3. The van der Waals surface area contributed by atoms with Gasteiger partial charge in [-0.25, -0.2) is 0 Å². The topological polar surface area (TPSA) is 8.81 Å². The second kappa shape index (κ2) is 8.18. The van der Waals surface area contributed by atoms with Crippen LogP contribution in [0, 0.1) is 5.41 Å². The summed E-state index contributed by atoms with van der Waals surface area (Å²) >= 11 is 0. The molecule has 7 rings (SSSR count). The van der Waals surface area contributed by atoms with Crippen LogP contribution in [-0.2, 0) is 11.0 Å². The Morgan fingerprint density at radius 2 is 1.36 bits per heavy atom. The predicted octanol–water partition coefficient (Wildman–Crippen LogP) is 9.22. The van der Waals surface area contributed by atoms with Crippen LogP contribution in [0.25, 0.3) is 38.6 Å². The van der Waals surface area contributed by atoms with E-state index >= 15 is 0 Å². The molecule has 2 aliphatic rings. The molecule has 39 heavy (non-hydrogen) atoms. The van der Waals surface area contributed by atoms with Gasteiger partial charge in [0.1, 0.15) is 0 Å². The van der Waals surface area contributed by atoms with Crippen LogP contribution in [0.4, 0.5) is 0 Å². The number of fused-ring (bicyclic) bond motifs is 8. The van der Waals surface area contributed by atoms with Gasteiger partial charge < -0.3 is 4.57 Å². The molecule has 1 unspecified atom stereocenters. The van der Waals surface area contributed by atoms with Gasteiger partial charge in [0.05, 0.1) is 16.4 Å². The van der Waals surface area contributed by atoms with Crippen LogP contribution >= 0.6 is 0 Å². The van der Waals surface area contributed by atoms with E-state index in [1.807, 2.05) is 0 Å². The summed E-state index contributed by atoms with van der Waals surface area (Å²) < 4.78 is 5.19. The molecular formula is C37H39N2+. The lowest BCUT2D eigenvalue weighted by molar-refractivity contribution is -0.782. The van der Waals surface area contributed by atoms with Crippen LogP contribution in [0.15, 0.2) is 91.1 Å². The number of rotatable bonds is 4. The molecule has 0 radical (unpaired) electrons. The molecule has 0 amide bonds. The summed E-state index contributed by atoms with van der Waals surface area (Å²) in [6.07, 6.45) is 5.67. The molecule has 2 nitrogen and oxygen atoms in total. The Morgan fingerprint density at radius 3 is 2.08 bits per heavy atom. The van der Waals surface area contributed by atoms with E-state index in [2.05, 4.69) is 142 Å². The van der Waals surface area contributed by atoms with Crippen molar-refractivity contribution in [2.24, 2.45) is 5.41 Å². The molecule has 196 valence electrons. The third kappa shape index (κ3) is 2.80. The van der Waals surface area contributed by atoms with E-state index < -0.39 is 0 Å².